The first kappa shape index (κ1) is 24.0. The lowest BCUT2D eigenvalue weighted by Crippen LogP contribution is -2.80. The Kier molecular flexibility index (Phi) is 5.34. The van der Waals surface area contributed by atoms with Gasteiger partial charge in [-0.15, -0.1) is 6.58 Å². The predicted octanol–water partition coefficient (Wildman–Crippen LogP) is 3.83. The van der Waals surface area contributed by atoms with E-state index in [0.29, 0.717) is 6.54 Å². The maximum Gasteiger partial charge on any atom is 0.226 e. The van der Waals surface area contributed by atoms with Crippen LogP contribution in [-0.4, -0.2) is 62.4 Å². The molecule has 1 N–H and O–H groups in total. The van der Waals surface area contributed by atoms with Gasteiger partial charge in [0.15, 0.2) is 11.5 Å². The maximum absolute atomic E-state index is 13.7. The highest BCUT2D eigenvalue weighted by Gasteiger charge is 2.80. The standard InChI is InChI=1S/C32H36N2O4/c1-4-16-33-28(35)23-20-30-13-14-32(23,37-3)29-31(30)15-18-34(17-12-21-8-6-5-7-9-21)25(30)19-22-10-11-24(36-2)27(38-29)26(22)31/h4-11,13-14,23,25,29H,1,12,15-20H2,2-3H3,(H,33,35)/t23-,25-,29?,30-,31+,32-/m1/s1. The fourth-order valence-corrected chi connectivity index (χ4v) is 8.86. The van der Waals surface area contributed by atoms with Crippen LogP contribution in [0.25, 0.3) is 0 Å². The Hall–Kier alpha value is -3.09. The van der Waals surface area contributed by atoms with Gasteiger partial charge < -0.3 is 19.5 Å². The summed E-state index contributed by atoms with van der Waals surface area (Å²) in [5, 5.41) is 3.08. The molecule has 2 fully saturated rings. The highest BCUT2D eigenvalue weighted by Crippen LogP contribution is 2.74. The third-order valence-corrected chi connectivity index (χ3v) is 10.4. The van der Waals surface area contributed by atoms with E-state index in [2.05, 4.69) is 65.3 Å². The Labute approximate surface area is 224 Å². The molecule has 2 heterocycles. The summed E-state index contributed by atoms with van der Waals surface area (Å²) in [6.07, 6.45) is 9.69. The summed E-state index contributed by atoms with van der Waals surface area (Å²) >= 11 is 0. The van der Waals surface area contributed by atoms with Gasteiger partial charge >= 0.3 is 0 Å². The summed E-state index contributed by atoms with van der Waals surface area (Å²) in [5.41, 5.74) is 2.69. The van der Waals surface area contributed by atoms with Crippen molar-refractivity contribution in [2.45, 2.75) is 48.8 Å². The quantitative estimate of drug-likeness (QED) is 0.545. The predicted molar refractivity (Wildman–Crippen MR) is 146 cm³/mol. The minimum atomic E-state index is -0.845. The van der Waals surface area contributed by atoms with Gasteiger partial charge in [0, 0.05) is 37.2 Å². The van der Waals surface area contributed by atoms with E-state index in [4.69, 9.17) is 14.2 Å². The zero-order chi connectivity index (χ0) is 26.1. The van der Waals surface area contributed by atoms with Crippen LogP contribution < -0.4 is 14.8 Å². The molecule has 6 atom stereocenters. The lowest BCUT2D eigenvalue weighted by Gasteiger charge is -2.71. The number of likely N-dealkylation sites (tertiary alicyclic amines) is 1. The van der Waals surface area contributed by atoms with Gasteiger partial charge in [0.25, 0.3) is 0 Å². The molecule has 6 nitrogen and oxygen atoms in total. The van der Waals surface area contributed by atoms with Gasteiger partial charge in [-0.05, 0) is 49.4 Å². The average Bonchev–Trinajstić information content (AvgIpc) is 3.33. The number of fused-ring (bicyclic) bond motifs is 1. The van der Waals surface area contributed by atoms with Crippen LogP contribution in [0.1, 0.15) is 29.5 Å². The second-order valence-electron chi connectivity index (χ2n) is 11.6. The molecule has 1 amide bonds. The number of nitrogens with zero attached hydrogens (tertiary/aromatic N) is 1. The molecule has 6 heteroatoms. The normalized spacial score (nSPS) is 35.4. The molecular weight excluding hydrogens is 476 g/mol. The van der Waals surface area contributed by atoms with Crippen molar-refractivity contribution >= 4 is 5.91 Å². The zero-order valence-electron chi connectivity index (χ0n) is 22.2. The molecule has 1 unspecified atom stereocenters. The molecule has 4 aliphatic carbocycles. The molecule has 6 aliphatic rings. The lowest BCUT2D eigenvalue weighted by atomic mass is 9.37. The summed E-state index contributed by atoms with van der Waals surface area (Å²) in [5.74, 6) is 1.28. The van der Waals surface area contributed by atoms with E-state index in [1.165, 1.54) is 16.7 Å². The van der Waals surface area contributed by atoms with Gasteiger partial charge in [0.05, 0.1) is 18.4 Å². The minimum absolute atomic E-state index is 0.0107. The van der Waals surface area contributed by atoms with Crippen LogP contribution >= 0.6 is 0 Å². The molecule has 1 saturated heterocycles. The summed E-state index contributed by atoms with van der Waals surface area (Å²) in [6.45, 7) is 6.22. The molecule has 198 valence electrons. The van der Waals surface area contributed by atoms with Crippen molar-refractivity contribution in [2.75, 3.05) is 33.9 Å². The minimum Gasteiger partial charge on any atom is -0.493 e. The number of nitrogens with one attached hydrogen (secondary N) is 1. The van der Waals surface area contributed by atoms with Crippen LogP contribution in [0, 0.1) is 11.3 Å². The largest absolute Gasteiger partial charge is 0.493 e. The average molecular weight is 513 g/mol. The Morgan fingerprint density at radius 2 is 2.05 bits per heavy atom. The molecule has 0 aromatic heterocycles. The van der Waals surface area contributed by atoms with Gasteiger partial charge in [0.1, 0.15) is 11.7 Å². The first-order valence-electron chi connectivity index (χ1n) is 13.8. The summed E-state index contributed by atoms with van der Waals surface area (Å²) < 4.78 is 19.1. The molecule has 1 saturated carbocycles. The van der Waals surface area contributed by atoms with E-state index in [-0.39, 0.29) is 34.8 Å². The Morgan fingerprint density at radius 1 is 1.21 bits per heavy atom. The van der Waals surface area contributed by atoms with Crippen molar-refractivity contribution in [1.82, 2.24) is 10.2 Å². The van der Waals surface area contributed by atoms with Gasteiger partial charge in [-0.1, -0.05) is 54.6 Å². The van der Waals surface area contributed by atoms with E-state index in [1.54, 1.807) is 20.3 Å². The van der Waals surface area contributed by atoms with E-state index >= 15 is 0 Å². The number of ether oxygens (including phenoxy) is 3. The number of piperidine rings is 1. The van der Waals surface area contributed by atoms with Crippen molar-refractivity contribution in [3.05, 3.63) is 84.0 Å². The number of methoxy groups -OCH3 is 2. The Bertz CT molecular complexity index is 1320. The first-order chi connectivity index (χ1) is 18.5. The second-order valence-corrected chi connectivity index (χ2v) is 11.6. The van der Waals surface area contributed by atoms with Gasteiger partial charge in [-0.3, -0.25) is 9.69 Å². The van der Waals surface area contributed by atoms with E-state index in [0.717, 1.165) is 50.3 Å². The third-order valence-electron chi connectivity index (χ3n) is 10.4. The molecule has 38 heavy (non-hydrogen) atoms. The number of rotatable bonds is 8. The first-order valence-corrected chi connectivity index (χ1v) is 13.8. The van der Waals surface area contributed by atoms with Crippen molar-refractivity contribution in [3.8, 4) is 11.5 Å². The molecule has 2 aromatic carbocycles. The SMILES string of the molecule is C=CCNC(=O)[C@H]1C[C@@]23C=C[C@]1(OC)C1Oc4c(OC)ccc5c4[C@@]12CCN(CCc1ccccc1)[C@@H]3C5. The summed E-state index contributed by atoms with van der Waals surface area (Å²) in [4.78, 5) is 16.4. The number of amides is 1. The smallest absolute Gasteiger partial charge is 0.226 e. The van der Waals surface area contributed by atoms with Gasteiger partial charge in [-0.2, -0.15) is 0 Å². The molecular formula is C32H36N2O4. The van der Waals surface area contributed by atoms with Crippen LogP contribution in [0.2, 0.25) is 0 Å². The van der Waals surface area contributed by atoms with Crippen LogP contribution in [0.15, 0.2) is 67.3 Å². The molecule has 0 radical (unpaired) electrons. The molecule has 8 rings (SSSR count). The number of carbonyl (C=O) groups is 1. The number of hydrogen-bond acceptors (Lipinski definition) is 5. The summed E-state index contributed by atoms with van der Waals surface area (Å²) in [7, 11) is 3.44. The van der Waals surface area contributed by atoms with Gasteiger partial charge in [0.2, 0.25) is 5.91 Å². The molecule has 2 aromatic rings. The van der Waals surface area contributed by atoms with E-state index in [1.807, 2.05) is 6.07 Å². The van der Waals surface area contributed by atoms with Crippen molar-refractivity contribution in [1.29, 1.82) is 0 Å². The van der Waals surface area contributed by atoms with Crippen LogP contribution in [0.5, 0.6) is 11.5 Å². The zero-order valence-corrected chi connectivity index (χ0v) is 22.2. The third kappa shape index (κ3) is 2.83. The Morgan fingerprint density at radius 3 is 2.82 bits per heavy atom. The number of hydrogen-bond donors (Lipinski definition) is 1. The van der Waals surface area contributed by atoms with E-state index in [9.17, 15) is 4.79 Å². The second kappa shape index (κ2) is 8.45. The number of carbonyl (C=O) groups excluding carboxylic acids is 1. The van der Waals surface area contributed by atoms with Crippen molar-refractivity contribution in [2.24, 2.45) is 11.3 Å². The topological polar surface area (TPSA) is 60.0 Å². The fraction of sp³-hybridized carbons (Fsp3) is 0.469. The van der Waals surface area contributed by atoms with Crippen LogP contribution in [0.3, 0.4) is 0 Å². The van der Waals surface area contributed by atoms with Crippen LogP contribution in [-0.2, 0) is 27.8 Å². The van der Waals surface area contributed by atoms with E-state index < -0.39 is 5.60 Å². The van der Waals surface area contributed by atoms with Gasteiger partial charge in [-0.25, -0.2) is 0 Å². The lowest BCUT2D eigenvalue weighted by molar-refractivity contribution is -0.215. The highest BCUT2D eigenvalue weighted by atomic mass is 16.6. The molecule has 2 aliphatic heterocycles. The summed E-state index contributed by atoms with van der Waals surface area (Å²) in [6, 6.07) is 15.3. The fourth-order valence-electron chi connectivity index (χ4n) is 8.86. The molecule has 2 spiro atoms. The van der Waals surface area contributed by atoms with Crippen LogP contribution in [0.4, 0.5) is 0 Å². The van der Waals surface area contributed by atoms with Crippen molar-refractivity contribution < 1.29 is 19.0 Å². The Balaban J connectivity index is 1.38. The van der Waals surface area contributed by atoms with Crippen molar-refractivity contribution in [3.63, 3.8) is 0 Å². The highest BCUT2D eigenvalue weighted by molar-refractivity contribution is 5.83. The maximum atomic E-state index is 13.7. The molecule has 4 bridgehead atoms. The number of benzene rings is 2. The monoisotopic (exact) mass is 512 g/mol.